The Labute approximate surface area is 75.2 Å². The molecule has 3 N–H and O–H groups in total. The summed E-state index contributed by atoms with van der Waals surface area (Å²) in [4.78, 5) is 0. The van der Waals surface area contributed by atoms with E-state index < -0.39 is 0 Å². The van der Waals surface area contributed by atoms with Gasteiger partial charge >= 0.3 is 0 Å². The van der Waals surface area contributed by atoms with Crippen molar-refractivity contribution in [2.45, 2.75) is 33.6 Å². The van der Waals surface area contributed by atoms with E-state index in [1.54, 1.807) is 0 Å². The molecular weight excluding hydrogens is 150 g/mol. The molecule has 0 saturated carbocycles. The molecule has 1 aliphatic rings. The molecule has 0 radical (unpaired) electrons. The Morgan fingerprint density at radius 3 is 2.08 bits per heavy atom. The predicted octanol–water partition coefficient (Wildman–Crippen LogP) is 1.04. The first-order valence-electron chi connectivity index (χ1n) is 4.93. The van der Waals surface area contributed by atoms with Crippen molar-refractivity contribution in [2.75, 3.05) is 13.1 Å². The van der Waals surface area contributed by atoms with Crippen molar-refractivity contribution in [1.82, 2.24) is 16.4 Å². The largest absolute Gasteiger partial charge is 0.244 e. The first kappa shape index (κ1) is 9.96. The molecule has 0 bridgehead atoms. The zero-order valence-corrected chi connectivity index (χ0v) is 8.41. The molecule has 0 aromatic rings. The van der Waals surface area contributed by atoms with Gasteiger partial charge in [-0.2, -0.15) is 5.53 Å². The lowest BCUT2D eigenvalue weighted by atomic mass is 9.72. The van der Waals surface area contributed by atoms with Crippen LogP contribution in [0, 0.1) is 11.3 Å². The third kappa shape index (κ3) is 1.97. The standard InChI is InChI=1S/C9H21N3/c1-4-9(3,5-2)8-6-10-12-11-7-8/h8,10-12H,4-7H2,1-3H3. The number of hydrazine groups is 2. The first-order valence-corrected chi connectivity index (χ1v) is 4.93. The van der Waals surface area contributed by atoms with Crippen LogP contribution in [0.2, 0.25) is 0 Å². The van der Waals surface area contributed by atoms with Gasteiger partial charge in [0.1, 0.15) is 0 Å². The van der Waals surface area contributed by atoms with E-state index in [-0.39, 0.29) is 0 Å². The zero-order valence-electron chi connectivity index (χ0n) is 8.41. The molecule has 1 aliphatic heterocycles. The fourth-order valence-corrected chi connectivity index (χ4v) is 1.80. The highest BCUT2D eigenvalue weighted by Gasteiger charge is 2.31. The lowest BCUT2D eigenvalue weighted by Gasteiger charge is -2.39. The molecule has 0 aliphatic carbocycles. The molecule has 0 amide bonds. The third-order valence-electron chi connectivity index (χ3n) is 3.47. The molecular formula is C9H21N3. The van der Waals surface area contributed by atoms with Gasteiger partial charge in [0.15, 0.2) is 0 Å². The van der Waals surface area contributed by atoms with Gasteiger partial charge < -0.3 is 0 Å². The van der Waals surface area contributed by atoms with Gasteiger partial charge in [-0.15, -0.1) is 0 Å². The molecule has 3 nitrogen and oxygen atoms in total. The Kier molecular flexibility index (Phi) is 3.50. The highest BCUT2D eigenvalue weighted by Crippen LogP contribution is 2.34. The Bertz CT molecular complexity index is 126. The maximum atomic E-state index is 3.15. The number of hydrogen-bond acceptors (Lipinski definition) is 3. The van der Waals surface area contributed by atoms with Crippen LogP contribution in [0.25, 0.3) is 0 Å². The second-order valence-corrected chi connectivity index (χ2v) is 3.94. The molecule has 1 rings (SSSR count). The lowest BCUT2D eigenvalue weighted by molar-refractivity contribution is 0.121. The minimum atomic E-state index is 0.488. The Morgan fingerprint density at radius 1 is 1.17 bits per heavy atom. The molecule has 0 aromatic heterocycles. The fourth-order valence-electron chi connectivity index (χ4n) is 1.80. The summed E-state index contributed by atoms with van der Waals surface area (Å²) in [5.74, 6) is 0.744. The summed E-state index contributed by atoms with van der Waals surface area (Å²) < 4.78 is 0. The van der Waals surface area contributed by atoms with Crippen LogP contribution >= 0.6 is 0 Å². The van der Waals surface area contributed by atoms with Crippen molar-refractivity contribution in [2.24, 2.45) is 11.3 Å². The van der Waals surface area contributed by atoms with Gasteiger partial charge in [-0.1, -0.05) is 33.6 Å². The van der Waals surface area contributed by atoms with Crippen LogP contribution in [0.3, 0.4) is 0 Å². The van der Waals surface area contributed by atoms with Crippen molar-refractivity contribution >= 4 is 0 Å². The number of nitrogens with one attached hydrogen (secondary N) is 3. The molecule has 72 valence electrons. The highest BCUT2D eigenvalue weighted by atomic mass is 15.6. The van der Waals surface area contributed by atoms with Gasteiger partial charge in [-0.05, 0) is 11.3 Å². The summed E-state index contributed by atoms with van der Waals surface area (Å²) >= 11 is 0. The van der Waals surface area contributed by atoms with Crippen LogP contribution in [-0.2, 0) is 0 Å². The Morgan fingerprint density at radius 2 is 1.67 bits per heavy atom. The molecule has 0 spiro atoms. The average molecular weight is 171 g/mol. The molecule has 1 fully saturated rings. The van der Waals surface area contributed by atoms with E-state index in [1.165, 1.54) is 12.8 Å². The van der Waals surface area contributed by atoms with Crippen LogP contribution < -0.4 is 16.4 Å². The second-order valence-electron chi connectivity index (χ2n) is 3.94. The van der Waals surface area contributed by atoms with E-state index >= 15 is 0 Å². The van der Waals surface area contributed by atoms with Gasteiger partial charge in [0.25, 0.3) is 0 Å². The summed E-state index contributed by atoms with van der Waals surface area (Å²) in [5.41, 5.74) is 9.72. The summed E-state index contributed by atoms with van der Waals surface area (Å²) in [6, 6.07) is 0. The smallest absolute Gasteiger partial charge is 0.0159 e. The predicted molar refractivity (Wildman–Crippen MR) is 51.3 cm³/mol. The maximum Gasteiger partial charge on any atom is 0.0159 e. The second kappa shape index (κ2) is 4.21. The van der Waals surface area contributed by atoms with E-state index in [1.807, 2.05) is 0 Å². The fraction of sp³-hybridized carbons (Fsp3) is 1.00. The van der Waals surface area contributed by atoms with Crippen LogP contribution in [0.5, 0.6) is 0 Å². The zero-order chi connectivity index (χ0) is 9.03. The molecule has 0 atom stereocenters. The van der Waals surface area contributed by atoms with Gasteiger partial charge in [0.2, 0.25) is 0 Å². The van der Waals surface area contributed by atoms with Crippen molar-refractivity contribution < 1.29 is 0 Å². The van der Waals surface area contributed by atoms with E-state index in [0.29, 0.717) is 5.41 Å². The monoisotopic (exact) mass is 171 g/mol. The van der Waals surface area contributed by atoms with Crippen molar-refractivity contribution in [1.29, 1.82) is 0 Å². The van der Waals surface area contributed by atoms with Crippen LogP contribution in [0.4, 0.5) is 0 Å². The lowest BCUT2D eigenvalue weighted by Crippen LogP contribution is -2.57. The van der Waals surface area contributed by atoms with E-state index in [9.17, 15) is 0 Å². The molecule has 3 heteroatoms. The first-order chi connectivity index (χ1) is 5.73. The van der Waals surface area contributed by atoms with E-state index in [0.717, 1.165) is 19.0 Å². The average Bonchev–Trinajstić information content (AvgIpc) is 2.18. The van der Waals surface area contributed by atoms with Crippen LogP contribution in [0.15, 0.2) is 0 Å². The minimum Gasteiger partial charge on any atom is -0.244 e. The molecule has 1 saturated heterocycles. The van der Waals surface area contributed by atoms with Gasteiger partial charge in [0.05, 0.1) is 0 Å². The molecule has 0 unspecified atom stereocenters. The summed E-state index contributed by atoms with van der Waals surface area (Å²) in [7, 11) is 0. The van der Waals surface area contributed by atoms with E-state index in [4.69, 9.17) is 0 Å². The van der Waals surface area contributed by atoms with Crippen molar-refractivity contribution in [3.8, 4) is 0 Å². The van der Waals surface area contributed by atoms with Crippen LogP contribution in [-0.4, -0.2) is 13.1 Å². The molecule has 12 heavy (non-hydrogen) atoms. The molecule has 0 aromatic carbocycles. The highest BCUT2D eigenvalue weighted by molar-refractivity contribution is 4.83. The Balaban J connectivity index is 2.51. The van der Waals surface area contributed by atoms with Gasteiger partial charge in [0, 0.05) is 13.1 Å². The summed E-state index contributed by atoms with van der Waals surface area (Å²) in [6.45, 7) is 9.10. The number of rotatable bonds is 3. The summed E-state index contributed by atoms with van der Waals surface area (Å²) in [5, 5.41) is 0. The summed E-state index contributed by atoms with van der Waals surface area (Å²) in [6.07, 6.45) is 2.52. The maximum absolute atomic E-state index is 3.15. The van der Waals surface area contributed by atoms with Gasteiger partial charge in [-0.3, -0.25) is 0 Å². The van der Waals surface area contributed by atoms with Crippen LogP contribution in [0.1, 0.15) is 33.6 Å². The minimum absolute atomic E-state index is 0.488. The Hall–Kier alpha value is -0.120. The van der Waals surface area contributed by atoms with Crippen molar-refractivity contribution in [3.05, 3.63) is 0 Å². The third-order valence-corrected chi connectivity index (χ3v) is 3.47. The normalized spacial score (nSPS) is 21.2. The van der Waals surface area contributed by atoms with E-state index in [2.05, 4.69) is 37.2 Å². The topological polar surface area (TPSA) is 36.1 Å². The SMILES string of the molecule is CCC(C)(CC)C1CNNNC1. The number of hydrogen-bond donors (Lipinski definition) is 3. The molecule has 1 heterocycles. The van der Waals surface area contributed by atoms with Gasteiger partial charge in [-0.25, -0.2) is 10.9 Å². The quantitative estimate of drug-likeness (QED) is 0.594. The van der Waals surface area contributed by atoms with Crippen molar-refractivity contribution in [3.63, 3.8) is 0 Å².